The van der Waals surface area contributed by atoms with E-state index in [9.17, 15) is 4.79 Å². The van der Waals surface area contributed by atoms with Gasteiger partial charge in [0.2, 0.25) is 0 Å². The van der Waals surface area contributed by atoms with E-state index in [2.05, 4.69) is 20.7 Å². The highest BCUT2D eigenvalue weighted by molar-refractivity contribution is 5.90. The minimum Gasteiger partial charge on any atom is -0.334 e. The van der Waals surface area contributed by atoms with Gasteiger partial charge in [0.1, 0.15) is 0 Å². The maximum Gasteiger partial charge on any atom is 0.319 e. The van der Waals surface area contributed by atoms with Gasteiger partial charge in [-0.25, -0.2) is 4.79 Å². The van der Waals surface area contributed by atoms with Gasteiger partial charge in [0.25, 0.3) is 0 Å². The molecule has 0 unspecified atom stereocenters. The van der Waals surface area contributed by atoms with E-state index in [4.69, 9.17) is 0 Å². The number of urea groups is 1. The van der Waals surface area contributed by atoms with Crippen LogP contribution in [0.25, 0.3) is 11.3 Å². The fourth-order valence-corrected chi connectivity index (χ4v) is 2.44. The highest BCUT2D eigenvalue weighted by Gasteiger charge is 2.10. The van der Waals surface area contributed by atoms with Crippen molar-refractivity contribution in [2.75, 3.05) is 5.32 Å². The Bertz CT molecular complexity index is 856. The number of pyridine rings is 1. The van der Waals surface area contributed by atoms with E-state index in [1.54, 1.807) is 17.1 Å². The zero-order valence-electron chi connectivity index (χ0n) is 13.7. The van der Waals surface area contributed by atoms with Gasteiger partial charge in [-0.15, -0.1) is 0 Å². The molecule has 0 atom stereocenters. The maximum absolute atomic E-state index is 12.1. The molecule has 2 heterocycles. The van der Waals surface area contributed by atoms with Crippen molar-refractivity contribution in [1.82, 2.24) is 20.1 Å². The Morgan fingerprint density at radius 3 is 2.79 bits per heavy atom. The number of aryl methyl sites for hydroxylation is 2. The van der Waals surface area contributed by atoms with Crippen LogP contribution in [0.2, 0.25) is 0 Å². The number of anilines is 1. The zero-order valence-corrected chi connectivity index (χ0v) is 13.7. The summed E-state index contributed by atoms with van der Waals surface area (Å²) in [6.45, 7) is 2.34. The first-order valence-electron chi connectivity index (χ1n) is 7.67. The van der Waals surface area contributed by atoms with Crippen LogP contribution in [0.15, 0.2) is 55.0 Å². The third-order valence-corrected chi connectivity index (χ3v) is 3.70. The first-order valence-corrected chi connectivity index (χ1v) is 7.67. The molecule has 1 aromatic carbocycles. The predicted molar refractivity (Wildman–Crippen MR) is 93.5 cm³/mol. The third kappa shape index (κ3) is 3.60. The molecule has 2 N–H and O–H groups in total. The maximum atomic E-state index is 12.1. The van der Waals surface area contributed by atoms with E-state index in [1.807, 2.05) is 56.6 Å². The molecule has 0 saturated carbocycles. The van der Waals surface area contributed by atoms with Crippen LogP contribution < -0.4 is 10.6 Å². The molecule has 0 bridgehead atoms. The summed E-state index contributed by atoms with van der Waals surface area (Å²) in [5, 5.41) is 9.90. The molecule has 3 rings (SSSR count). The van der Waals surface area contributed by atoms with Crippen LogP contribution in [0.1, 0.15) is 11.1 Å². The molecule has 0 saturated heterocycles. The Balaban J connectivity index is 1.69. The summed E-state index contributed by atoms with van der Waals surface area (Å²) in [5.41, 5.74) is 4.50. The van der Waals surface area contributed by atoms with E-state index in [1.165, 1.54) is 0 Å². The van der Waals surface area contributed by atoms with Crippen LogP contribution in [-0.2, 0) is 13.6 Å². The van der Waals surface area contributed by atoms with Crippen molar-refractivity contribution in [3.63, 3.8) is 0 Å². The molecular formula is C18H19N5O. The summed E-state index contributed by atoms with van der Waals surface area (Å²) in [6.07, 6.45) is 5.40. The fourth-order valence-electron chi connectivity index (χ4n) is 2.44. The highest BCUT2D eigenvalue weighted by Crippen LogP contribution is 2.20. The van der Waals surface area contributed by atoms with E-state index < -0.39 is 0 Å². The summed E-state index contributed by atoms with van der Waals surface area (Å²) in [6, 6.07) is 11.2. The van der Waals surface area contributed by atoms with Crippen LogP contribution in [0.4, 0.5) is 10.5 Å². The lowest BCUT2D eigenvalue weighted by molar-refractivity contribution is 0.251. The van der Waals surface area contributed by atoms with Crippen LogP contribution >= 0.6 is 0 Å². The number of carbonyl (C=O) groups excluding carboxylic acids is 1. The number of aromatic nitrogens is 3. The molecule has 0 radical (unpaired) electrons. The molecule has 24 heavy (non-hydrogen) atoms. The minimum atomic E-state index is -0.245. The Morgan fingerprint density at radius 2 is 2.04 bits per heavy atom. The topological polar surface area (TPSA) is 71.8 Å². The SMILES string of the molecule is Cc1ccccc1NC(=O)NCc1cccnc1-c1cnn(C)c1. The normalized spacial score (nSPS) is 10.4. The fraction of sp³-hybridized carbons (Fsp3) is 0.167. The Kier molecular flexibility index (Phi) is 4.56. The molecule has 0 aliphatic rings. The number of carbonyl (C=O) groups is 1. The van der Waals surface area contributed by atoms with E-state index in [-0.39, 0.29) is 6.03 Å². The van der Waals surface area contributed by atoms with Gasteiger partial charge in [-0.05, 0) is 30.2 Å². The minimum absolute atomic E-state index is 0.245. The smallest absolute Gasteiger partial charge is 0.319 e. The summed E-state index contributed by atoms with van der Waals surface area (Å²) in [7, 11) is 1.86. The lowest BCUT2D eigenvalue weighted by Crippen LogP contribution is -2.28. The first-order chi connectivity index (χ1) is 11.6. The number of nitrogens with zero attached hydrogens (tertiary/aromatic N) is 3. The number of hydrogen-bond acceptors (Lipinski definition) is 3. The van der Waals surface area contributed by atoms with E-state index in [0.717, 1.165) is 28.1 Å². The quantitative estimate of drug-likeness (QED) is 0.775. The second-order valence-corrected chi connectivity index (χ2v) is 5.54. The summed E-state index contributed by atoms with van der Waals surface area (Å²) in [4.78, 5) is 16.5. The Hall–Kier alpha value is -3.15. The first kappa shape index (κ1) is 15.7. The summed E-state index contributed by atoms with van der Waals surface area (Å²) >= 11 is 0. The van der Waals surface area contributed by atoms with Crippen molar-refractivity contribution < 1.29 is 4.79 Å². The molecule has 122 valence electrons. The zero-order chi connectivity index (χ0) is 16.9. The van der Waals surface area contributed by atoms with Gasteiger partial charge in [-0.1, -0.05) is 24.3 Å². The van der Waals surface area contributed by atoms with Crippen molar-refractivity contribution in [2.24, 2.45) is 7.05 Å². The van der Waals surface area contributed by atoms with Crippen molar-refractivity contribution in [2.45, 2.75) is 13.5 Å². The molecule has 6 heteroatoms. The van der Waals surface area contributed by atoms with Gasteiger partial charge in [-0.2, -0.15) is 5.10 Å². The van der Waals surface area contributed by atoms with Crippen LogP contribution in [-0.4, -0.2) is 20.8 Å². The second-order valence-electron chi connectivity index (χ2n) is 5.54. The average Bonchev–Trinajstić information content (AvgIpc) is 3.02. The second kappa shape index (κ2) is 6.95. The van der Waals surface area contributed by atoms with Gasteiger partial charge >= 0.3 is 6.03 Å². The third-order valence-electron chi connectivity index (χ3n) is 3.70. The molecule has 3 aromatic rings. The average molecular weight is 321 g/mol. The highest BCUT2D eigenvalue weighted by atomic mass is 16.2. The standard InChI is InChI=1S/C18H19N5O/c1-13-6-3-4-8-16(13)22-18(24)20-10-14-7-5-9-19-17(14)15-11-21-23(2)12-15/h3-9,11-12H,10H2,1-2H3,(H2,20,22,24). The van der Waals surface area contributed by atoms with Crippen LogP contribution in [0.3, 0.4) is 0 Å². The van der Waals surface area contributed by atoms with Crippen molar-refractivity contribution >= 4 is 11.7 Å². The van der Waals surface area contributed by atoms with Gasteiger partial charge in [0.15, 0.2) is 0 Å². The molecule has 2 amide bonds. The number of rotatable bonds is 4. The van der Waals surface area contributed by atoms with E-state index in [0.29, 0.717) is 6.54 Å². The Morgan fingerprint density at radius 1 is 1.21 bits per heavy atom. The molecule has 0 aliphatic heterocycles. The number of hydrogen-bond donors (Lipinski definition) is 2. The van der Waals surface area contributed by atoms with Crippen molar-refractivity contribution in [1.29, 1.82) is 0 Å². The van der Waals surface area contributed by atoms with Gasteiger partial charge < -0.3 is 10.6 Å². The van der Waals surface area contributed by atoms with Gasteiger partial charge in [0.05, 0.1) is 11.9 Å². The monoisotopic (exact) mass is 321 g/mol. The largest absolute Gasteiger partial charge is 0.334 e. The molecule has 0 spiro atoms. The number of para-hydroxylation sites is 1. The Labute approximate surface area is 140 Å². The van der Waals surface area contributed by atoms with Crippen molar-refractivity contribution in [3.8, 4) is 11.3 Å². The number of amides is 2. The lowest BCUT2D eigenvalue weighted by Gasteiger charge is -2.11. The summed E-state index contributed by atoms with van der Waals surface area (Å²) in [5.74, 6) is 0. The number of benzene rings is 1. The van der Waals surface area contributed by atoms with Crippen LogP contribution in [0.5, 0.6) is 0 Å². The molecule has 0 fully saturated rings. The summed E-state index contributed by atoms with van der Waals surface area (Å²) < 4.78 is 1.73. The molecular weight excluding hydrogens is 302 g/mol. The van der Waals surface area contributed by atoms with E-state index >= 15 is 0 Å². The van der Waals surface area contributed by atoms with Crippen LogP contribution in [0, 0.1) is 6.92 Å². The molecule has 6 nitrogen and oxygen atoms in total. The lowest BCUT2D eigenvalue weighted by atomic mass is 10.1. The molecule has 2 aromatic heterocycles. The van der Waals surface area contributed by atoms with Gasteiger partial charge in [-0.3, -0.25) is 9.67 Å². The molecule has 0 aliphatic carbocycles. The number of nitrogens with one attached hydrogen (secondary N) is 2. The van der Waals surface area contributed by atoms with Crippen molar-refractivity contribution in [3.05, 3.63) is 66.1 Å². The van der Waals surface area contributed by atoms with Gasteiger partial charge in [0, 0.05) is 37.2 Å². The predicted octanol–water partition coefficient (Wildman–Crippen LogP) is 3.11.